The van der Waals surface area contributed by atoms with E-state index in [1.54, 1.807) is 12.1 Å². The summed E-state index contributed by atoms with van der Waals surface area (Å²) in [6, 6.07) is 6.02. The highest BCUT2D eigenvalue weighted by molar-refractivity contribution is 5.83. The van der Waals surface area contributed by atoms with E-state index >= 15 is 0 Å². The average molecular weight is 338 g/mol. The molecule has 0 aromatic heterocycles. The number of methoxy groups -OCH3 is 2. The number of benzene rings is 1. The second-order valence-electron chi connectivity index (χ2n) is 5.75. The first kappa shape index (κ1) is 18.4. The van der Waals surface area contributed by atoms with Gasteiger partial charge in [-0.3, -0.25) is 9.69 Å². The number of likely N-dealkylation sites (tertiary alicyclic amines) is 1. The molecule has 1 aliphatic heterocycles. The van der Waals surface area contributed by atoms with Crippen molar-refractivity contribution in [2.75, 3.05) is 27.3 Å². The molecular weight excluding hydrogens is 315 g/mol. The molecule has 6 nitrogen and oxygen atoms in total. The minimum atomic E-state index is -0.814. The Hall–Kier alpha value is -1.99. The van der Waals surface area contributed by atoms with Gasteiger partial charge in [-0.2, -0.15) is 0 Å². The first-order chi connectivity index (χ1) is 11.5. The Morgan fingerprint density at radius 1 is 1.33 bits per heavy atom. The molecule has 1 fully saturated rings. The molecule has 132 valence electrons. The van der Waals surface area contributed by atoms with Gasteiger partial charge in [-0.1, -0.05) is 12.1 Å². The van der Waals surface area contributed by atoms with Crippen LogP contribution in [0, 0.1) is 5.82 Å². The molecule has 1 heterocycles. The van der Waals surface area contributed by atoms with E-state index in [9.17, 15) is 14.0 Å². The number of nitrogens with one attached hydrogen (secondary N) is 1. The van der Waals surface area contributed by atoms with Gasteiger partial charge in [0.25, 0.3) is 0 Å². The highest BCUT2D eigenvalue weighted by Gasteiger charge is 2.31. The van der Waals surface area contributed by atoms with Crippen molar-refractivity contribution in [3.8, 4) is 0 Å². The molecule has 24 heavy (non-hydrogen) atoms. The van der Waals surface area contributed by atoms with Gasteiger partial charge in [0.1, 0.15) is 5.82 Å². The van der Waals surface area contributed by atoms with Gasteiger partial charge in [0, 0.05) is 13.7 Å². The van der Waals surface area contributed by atoms with Crippen molar-refractivity contribution in [1.82, 2.24) is 10.2 Å². The smallest absolute Gasteiger partial charge is 0.336 e. The molecule has 1 amide bonds. The summed E-state index contributed by atoms with van der Waals surface area (Å²) in [6.07, 6.45) is 0.860. The third-order valence-corrected chi connectivity index (χ3v) is 4.18. The molecule has 1 aromatic carbocycles. The first-order valence-electron chi connectivity index (χ1n) is 7.92. The number of carbonyl (C=O) groups is 2. The van der Waals surface area contributed by atoms with Crippen molar-refractivity contribution in [2.24, 2.45) is 0 Å². The third kappa shape index (κ3) is 4.75. The molecule has 1 N–H and O–H groups in total. The summed E-state index contributed by atoms with van der Waals surface area (Å²) in [4.78, 5) is 25.9. The summed E-state index contributed by atoms with van der Waals surface area (Å²) in [6.45, 7) is 1.46. The summed E-state index contributed by atoms with van der Waals surface area (Å²) in [5, 5.41) is 2.75. The normalized spacial score (nSPS) is 19.0. The summed E-state index contributed by atoms with van der Waals surface area (Å²) >= 11 is 0. The van der Waals surface area contributed by atoms with E-state index in [2.05, 4.69) is 15.0 Å². The second-order valence-corrected chi connectivity index (χ2v) is 5.75. The molecule has 0 radical (unpaired) electrons. The highest BCUT2D eigenvalue weighted by Crippen LogP contribution is 2.20. The molecule has 1 saturated heterocycles. The van der Waals surface area contributed by atoms with Crippen LogP contribution >= 0.6 is 0 Å². The predicted molar refractivity (Wildman–Crippen MR) is 85.7 cm³/mol. The maximum absolute atomic E-state index is 13.0. The molecule has 1 aliphatic rings. The van der Waals surface area contributed by atoms with E-state index in [4.69, 9.17) is 4.74 Å². The van der Waals surface area contributed by atoms with Gasteiger partial charge >= 0.3 is 5.97 Å². The standard InChI is InChI=1S/C17H23FN2O4/c1-23-15(17(22)24-2)10-19-16(21)14-4-3-9-20(14)11-12-5-7-13(18)8-6-12/h5-8,14-15H,3-4,9-11H2,1-2H3,(H,19,21)/t14-,15+/m1/s1. The number of rotatable bonds is 7. The molecule has 2 atom stereocenters. The molecule has 0 saturated carbocycles. The van der Waals surface area contributed by atoms with Gasteiger partial charge in [0.15, 0.2) is 6.10 Å². The Bertz CT molecular complexity index is 564. The predicted octanol–water partition coefficient (Wildman–Crippen LogP) is 1.09. The molecule has 0 spiro atoms. The van der Waals surface area contributed by atoms with E-state index in [-0.39, 0.29) is 24.3 Å². The van der Waals surface area contributed by atoms with Crippen LogP contribution in [0.2, 0.25) is 0 Å². The fourth-order valence-electron chi connectivity index (χ4n) is 2.84. The van der Waals surface area contributed by atoms with Crippen molar-refractivity contribution in [3.63, 3.8) is 0 Å². The summed E-state index contributed by atoms with van der Waals surface area (Å²) in [5.41, 5.74) is 0.959. The largest absolute Gasteiger partial charge is 0.467 e. The van der Waals surface area contributed by atoms with Crippen molar-refractivity contribution < 1.29 is 23.5 Å². The lowest BCUT2D eigenvalue weighted by atomic mass is 10.1. The number of amides is 1. The van der Waals surface area contributed by atoms with Crippen LogP contribution < -0.4 is 5.32 Å². The number of carbonyl (C=O) groups excluding carboxylic acids is 2. The molecule has 2 rings (SSSR count). The Morgan fingerprint density at radius 2 is 2.04 bits per heavy atom. The number of nitrogens with zero attached hydrogens (tertiary/aromatic N) is 1. The lowest BCUT2D eigenvalue weighted by Gasteiger charge is -2.24. The molecule has 7 heteroatoms. The maximum Gasteiger partial charge on any atom is 0.336 e. The number of ether oxygens (including phenoxy) is 2. The Kier molecular flexibility index (Phi) is 6.69. The van der Waals surface area contributed by atoms with Crippen LogP contribution in [0.15, 0.2) is 24.3 Å². The third-order valence-electron chi connectivity index (χ3n) is 4.18. The first-order valence-corrected chi connectivity index (χ1v) is 7.92. The summed E-state index contributed by atoms with van der Waals surface area (Å²) in [7, 11) is 2.67. The quantitative estimate of drug-likeness (QED) is 0.754. The SMILES string of the molecule is COC(=O)[C@H](CNC(=O)[C@H]1CCCN1Cc1ccc(F)cc1)OC. The van der Waals surface area contributed by atoms with Crippen LogP contribution in [0.3, 0.4) is 0 Å². The van der Waals surface area contributed by atoms with Crippen LogP contribution in [0.1, 0.15) is 18.4 Å². The van der Waals surface area contributed by atoms with Gasteiger partial charge in [0.2, 0.25) is 5.91 Å². The fourth-order valence-corrected chi connectivity index (χ4v) is 2.84. The van der Waals surface area contributed by atoms with Crippen LogP contribution in [-0.2, 0) is 25.6 Å². The van der Waals surface area contributed by atoms with Gasteiger partial charge in [-0.25, -0.2) is 9.18 Å². The zero-order chi connectivity index (χ0) is 17.5. The minimum absolute atomic E-state index is 0.0723. The van der Waals surface area contributed by atoms with Gasteiger partial charge in [-0.05, 0) is 37.1 Å². The minimum Gasteiger partial charge on any atom is -0.467 e. The lowest BCUT2D eigenvalue weighted by molar-refractivity contribution is -0.152. The van der Waals surface area contributed by atoms with Crippen LogP contribution in [0.25, 0.3) is 0 Å². The van der Waals surface area contributed by atoms with E-state index in [1.165, 1.54) is 26.4 Å². The van der Waals surface area contributed by atoms with Crippen LogP contribution in [0.5, 0.6) is 0 Å². The van der Waals surface area contributed by atoms with Gasteiger partial charge in [0.05, 0.1) is 19.7 Å². The molecular formula is C17H23FN2O4. The van der Waals surface area contributed by atoms with E-state index in [0.29, 0.717) is 6.54 Å². The van der Waals surface area contributed by atoms with Crippen LogP contribution in [-0.4, -0.2) is 56.2 Å². The Balaban J connectivity index is 1.90. The molecule has 0 bridgehead atoms. The second kappa shape index (κ2) is 8.75. The van der Waals surface area contributed by atoms with Gasteiger partial charge in [-0.15, -0.1) is 0 Å². The van der Waals surface area contributed by atoms with Gasteiger partial charge < -0.3 is 14.8 Å². The zero-order valence-corrected chi connectivity index (χ0v) is 14.0. The maximum atomic E-state index is 13.0. The monoisotopic (exact) mass is 338 g/mol. The summed E-state index contributed by atoms with van der Waals surface area (Å²) in [5.74, 6) is -0.934. The Labute approximate surface area is 140 Å². The topological polar surface area (TPSA) is 67.9 Å². The number of halogens is 1. The average Bonchev–Trinajstić information content (AvgIpc) is 3.05. The van der Waals surface area contributed by atoms with E-state index in [1.807, 2.05) is 0 Å². The number of esters is 1. The Morgan fingerprint density at radius 3 is 2.67 bits per heavy atom. The fraction of sp³-hybridized carbons (Fsp3) is 0.529. The molecule has 0 unspecified atom stereocenters. The van der Waals surface area contributed by atoms with Crippen molar-refractivity contribution in [3.05, 3.63) is 35.6 Å². The van der Waals surface area contributed by atoms with E-state index < -0.39 is 12.1 Å². The molecule has 0 aliphatic carbocycles. The number of hydrogen-bond donors (Lipinski definition) is 1. The molecule has 1 aromatic rings. The lowest BCUT2D eigenvalue weighted by Crippen LogP contribution is -2.46. The number of hydrogen-bond acceptors (Lipinski definition) is 5. The van der Waals surface area contributed by atoms with Crippen molar-refractivity contribution in [2.45, 2.75) is 31.5 Å². The van der Waals surface area contributed by atoms with Crippen molar-refractivity contribution in [1.29, 1.82) is 0 Å². The van der Waals surface area contributed by atoms with Crippen LogP contribution in [0.4, 0.5) is 4.39 Å². The van der Waals surface area contributed by atoms with Crippen molar-refractivity contribution >= 4 is 11.9 Å². The highest BCUT2D eigenvalue weighted by atomic mass is 19.1. The van der Waals surface area contributed by atoms with E-state index in [0.717, 1.165) is 24.9 Å². The summed E-state index contributed by atoms with van der Waals surface area (Å²) < 4.78 is 22.6. The zero-order valence-electron chi connectivity index (χ0n) is 14.0.